The Morgan fingerprint density at radius 2 is 1.85 bits per heavy atom. The number of nitrogens with zero attached hydrogens (tertiary/aromatic N) is 5. The topological polar surface area (TPSA) is 130 Å². The highest BCUT2D eigenvalue weighted by Crippen LogP contribution is 2.28. The molecular formula is C28H30FN7O4. The maximum atomic E-state index is 15.2. The maximum absolute atomic E-state index is 15.2. The second kappa shape index (κ2) is 11.2. The predicted molar refractivity (Wildman–Crippen MR) is 145 cm³/mol. The van der Waals surface area contributed by atoms with Gasteiger partial charge in [-0.1, -0.05) is 16.4 Å². The lowest BCUT2D eigenvalue weighted by Crippen LogP contribution is -2.59. The SMILES string of the molecule is Cc1ccc(C(=O)NC(C)(C)C(=O)N2CCN(c3ccc(-c4cc(CNc5ccon5)on4)cc3F)CC2)cn1. The number of anilines is 2. The van der Waals surface area contributed by atoms with Gasteiger partial charge in [-0.2, -0.15) is 0 Å². The van der Waals surface area contributed by atoms with Gasteiger partial charge in [0.2, 0.25) is 5.91 Å². The van der Waals surface area contributed by atoms with Crippen LogP contribution in [0.1, 0.15) is 35.7 Å². The van der Waals surface area contributed by atoms with Gasteiger partial charge in [0.15, 0.2) is 11.6 Å². The molecular weight excluding hydrogens is 517 g/mol. The van der Waals surface area contributed by atoms with Crippen molar-refractivity contribution in [3.63, 3.8) is 0 Å². The van der Waals surface area contributed by atoms with Gasteiger partial charge in [0.25, 0.3) is 5.91 Å². The minimum Gasteiger partial charge on any atom is -0.366 e. The zero-order valence-corrected chi connectivity index (χ0v) is 22.5. The van der Waals surface area contributed by atoms with Crippen LogP contribution in [-0.2, 0) is 11.3 Å². The molecule has 1 fully saturated rings. The van der Waals surface area contributed by atoms with Crippen molar-refractivity contribution in [3.05, 3.63) is 77.8 Å². The first-order chi connectivity index (χ1) is 19.2. The van der Waals surface area contributed by atoms with Gasteiger partial charge in [-0.05, 0) is 45.0 Å². The van der Waals surface area contributed by atoms with Crippen LogP contribution in [0.15, 0.2) is 64.0 Å². The second-order valence-corrected chi connectivity index (χ2v) is 10.1. The molecule has 12 heteroatoms. The molecule has 1 saturated heterocycles. The van der Waals surface area contributed by atoms with Crippen molar-refractivity contribution in [1.29, 1.82) is 0 Å². The molecule has 0 saturated carbocycles. The summed E-state index contributed by atoms with van der Waals surface area (Å²) in [6.45, 7) is 7.26. The molecule has 4 heterocycles. The molecule has 40 heavy (non-hydrogen) atoms. The Kier molecular flexibility index (Phi) is 7.50. The number of pyridine rings is 1. The van der Waals surface area contributed by atoms with Gasteiger partial charge in [-0.25, -0.2) is 4.39 Å². The first-order valence-corrected chi connectivity index (χ1v) is 12.9. The molecule has 0 aliphatic carbocycles. The summed E-state index contributed by atoms with van der Waals surface area (Å²) in [6.07, 6.45) is 2.95. The van der Waals surface area contributed by atoms with E-state index in [2.05, 4.69) is 25.9 Å². The molecule has 1 aromatic carbocycles. The standard InChI is InChI=1S/C28H30FN7O4/c1-18-4-5-20(16-30-18)26(37)32-28(2,3)27(38)36-11-9-35(10-12-36)24-7-6-19(14-22(24)29)23-15-21(40-33-23)17-31-25-8-13-39-34-25/h4-8,13-16H,9-12,17H2,1-3H3,(H,31,34)(H,32,37). The van der Waals surface area contributed by atoms with E-state index in [-0.39, 0.29) is 17.6 Å². The van der Waals surface area contributed by atoms with Crippen molar-refractivity contribution >= 4 is 23.3 Å². The quantitative estimate of drug-likeness (QED) is 0.340. The second-order valence-electron chi connectivity index (χ2n) is 10.1. The average molecular weight is 548 g/mol. The largest absolute Gasteiger partial charge is 0.366 e. The van der Waals surface area contributed by atoms with Crippen LogP contribution in [0.25, 0.3) is 11.3 Å². The molecule has 4 aromatic rings. The number of carbonyl (C=O) groups is 2. The molecule has 3 aromatic heterocycles. The van der Waals surface area contributed by atoms with Crippen molar-refractivity contribution in [3.8, 4) is 11.3 Å². The number of aryl methyl sites for hydroxylation is 1. The zero-order valence-electron chi connectivity index (χ0n) is 22.5. The van der Waals surface area contributed by atoms with E-state index < -0.39 is 5.54 Å². The van der Waals surface area contributed by atoms with Crippen LogP contribution >= 0.6 is 0 Å². The Hall–Kier alpha value is -4.74. The molecule has 208 valence electrons. The van der Waals surface area contributed by atoms with E-state index >= 15 is 4.39 Å². The van der Waals surface area contributed by atoms with Gasteiger partial charge in [0.05, 0.1) is 17.8 Å². The highest BCUT2D eigenvalue weighted by atomic mass is 19.1. The summed E-state index contributed by atoms with van der Waals surface area (Å²) in [7, 11) is 0. The van der Waals surface area contributed by atoms with E-state index in [1.165, 1.54) is 18.5 Å². The Balaban J connectivity index is 1.17. The predicted octanol–water partition coefficient (Wildman–Crippen LogP) is 3.64. The Morgan fingerprint density at radius 3 is 2.52 bits per heavy atom. The van der Waals surface area contributed by atoms with E-state index in [0.717, 1.165) is 5.69 Å². The summed E-state index contributed by atoms with van der Waals surface area (Å²) in [5.41, 5.74) is 1.64. The van der Waals surface area contributed by atoms with Crippen molar-refractivity contribution in [2.24, 2.45) is 0 Å². The number of halogens is 1. The van der Waals surface area contributed by atoms with Crippen LogP contribution in [0, 0.1) is 12.7 Å². The summed E-state index contributed by atoms with van der Waals surface area (Å²) in [4.78, 5) is 33.6. The smallest absolute Gasteiger partial charge is 0.253 e. The van der Waals surface area contributed by atoms with Gasteiger partial charge in [0.1, 0.15) is 23.3 Å². The molecule has 0 radical (unpaired) electrons. The zero-order chi connectivity index (χ0) is 28.3. The third-order valence-corrected chi connectivity index (χ3v) is 6.73. The summed E-state index contributed by atoms with van der Waals surface area (Å²) >= 11 is 0. The van der Waals surface area contributed by atoms with Crippen LogP contribution in [0.4, 0.5) is 15.9 Å². The van der Waals surface area contributed by atoms with E-state index in [4.69, 9.17) is 9.05 Å². The number of nitrogens with one attached hydrogen (secondary N) is 2. The number of hydrogen-bond donors (Lipinski definition) is 2. The number of amides is 2. The summed E-state index contributed by atoms with van der Waals surface area (Å²) < 4.78 is 25.3. The fourth-order valence-corrected chi connectivity index (χ4v) is 4.49. The average Bonchev–Trinajstić information content (AvgIpc) is 3.64. The first kappa shape index (κ1) is 26.9. The summed E-state index contributed by atoms with van der Waals surface area (Å²) in [5, 5.41) is 13.7. The Labute approximate surface area is 230 Å². The lowest BCUT2D eigenvalue weighted by molar-refractivity contribution is -0.137. The number of piperazine rings is 1. The Morgan fingerprint density at radius 1 is 1.05 bits per heavy atom. The van der Waals surface area contributed by atoms with E-state index in [1.807, 2.05) is 11.8 Å². The van der Waals surface area contributed by atoms with Gasteiger partial charge in [-0.3, -0.25) is 14.6 Å². The van der Waals surface area contributed by atoms with Crippen LogP contribution < -0.4 is 15.5 Å². The first-order valence-electron chi connectivity index (χ1n) is 12.9. The van der Waals surface area contributed by atoms with Crippen LogP contribution in [0.3, 0.4) is 0 Å². The van der Waals surface area contributed by atoms with E-state index in [9.17, 15) is 9.59 Å². The van der Waals surface area contributed by atoms with Gasteiger partial charge in [-0.15, -0.1) is 0 Å². The molecule has 2 N–H and O–H groups in total. The van der Waals surface area contributed by atoms with Crippen molar-refractivity contribution in [2.75, 3.05) is 36.4 Å². The highest BCUT2D eigenvalue weighted by molar-refractivity contribution is 5.98. The van der Waals surface area contributed by atoms with Crippen LogP contribution in [0.5, 0.6) is 0 Å². The highest BCUT2D eigenvalue weighted by Gasteiger charge is 2.35. The lowest BCUT2D eigenvalue weighted by atomic mass is 10.0. The Bertz CT molecular complexity index is 1480. The fraction of sp³-hybridized carbons (Fsp3) is 0.321. The van der Waals surface area contributed by atoms with Crippen molar-refractivity contribution in [2.45, 2.75) is 32.9 Å². The van der Waals surface area contributed by atoms with Crippen molar-refractivity contribution in [1.82, 2.24) is 25.5 Å². The maximum Gasteiger partial charge on any atom is 0.253 e. The molecule has 1 aliphatic heterocycles. The molecule has 0 atom stereocenters. The van der Waals surface area contributed by atoms with E-state index in [0.29, 0.717) is 66.8 Å². The number of benzene rings is 1. The molecule has 11 nitrogen and oxygen atoms in total. The summed E-state index contributed by atoms with van der Waals surface area (Å²) in [6, 6.07) is 11.8. The minimum atomic E-state index is -1.11. The molecule has 2 amide bonds. The fourth-order valence-electron chi connectivity index (χ4n) is 4.49. The van der Waals surface area contributed by atoms with Crippen molar-refractivity contribution < 1.29 is 23.0 Å². The molecule has 5 rings (SSSR count). The third-order valence-electron chi connectivity index (χ3n) is 6.73. The lowest BCUT2D eigenvalue weighted by Gasteiger charge is -2.39. The third kappa shape index (κ3) is 5.95. The normalized spacial score (nSPS) is 13.8. The molecule has 1 aliphatic rings. The molecule has 0 bridgehead atoms. The monoisotopic (exact) mass is 547 g/mol. The van der Waals surface area contributed by atoms with Crippen LogP contribution in [-0.4, -0.2) is 63.7 Å². The molecule has 0 spiro atoms. The van der Waals surface area contributed by atoms with Gasteiger partial charge < -0.3 is 29.5 Å². The number of carbonyl (C=O) groups excluding carboxylic acids is 2. The number of hydrogen-bond acceptors (Lipinski definition) is 9. The van der Waals surface area contributed by atoms with Gasteiger partial charge in [0, 0.05) is 55.8 Å². The van der Waals surface area contributed by atoms with Gasteiger partial charge >= 0.3 is 0 Å². The minimum absolute atomic E-state index is 0.198. The summed E-state index contributed by atoms with van der Waals surface area (Å²) in [5.74, 6) is 0.191. The number of rotatable bonds is 8. The number of aromatic nitrogens is 3. The van der Waals surface area contributed by atoms with E-state index in [1.54, 1.807) is 55.1 Å². The van der Waals surface area contributed by atoms with Crippen LogP contribution in [0.2, 0.25) is 0 Å². The molecule has 0 unspecified atom stereocenters.